The standard InChI is InChI=1S/C16H21BrFN3O.HI/c1-2-19-16(21-14-8-13-3-4-15(14)22-13)20-9-10-5-11(17)7-12(18)6-10;/h5-7,13-15H,2-4,8-9H2,1H3,(H2,19,20,21);1H. The Labute approximate surface area is 161 Å². The van der Waals surface area contributed by atoms with Crippen LogP contribution in [0.2, 0.25) is 0 Å². The number of nitrogens with zero attached hydrogens (tertiary/aromatic N) is 1. The Bertz CT molecular complexity index is 552. The zero-order valence-electron chi connectivity index (χ0n) is 13.0. The minimum absolute atomic E-state index is 0. The van der Waals surface area contributed by atoms with Gasteiger partial charge in [-0.15, -0.1) is 24.0 Å². The fourth-order valence-electron chi connectivity index (χ4n) is 3.16. The first-order valence-corrected chi connectivity index (χ1v) is 8.58. The summed E-state index contributed by atoms with van der Waals surface area (Å²) in [5.41, 5.74) is 0.841. The molecule has 4 nitrogen and oxygen atoms in total. The van der Waals surface area contributed by atoms with Crippen molar-refractivity contribution in [1.82, 2.24) is 10.6 Å². The molecule has 2 bridgehead atoms. The number of hydrogen-bond donors (Lipinski definition) is 2. The third-order valence-electron chi connectivity index (χ3n) is 4.11. The van der Waals surface area contributed by atoms with Gasteiger partial charge in [-0.3, -0.25) is 0 Å². The molecule has 2 heterocycles. The molecule has 23 heavy (non-hydrogen) atoms. The molecule has 0 aliphatic carbocycles. The van der Waals surface area contributed by atoms with Gasteiger partial charge in [0.05, 0.1) is 24.8 Å². The first-order valence-electron chi connectivity index (χ1n) is 7.79. The van der Waals surface area contributed by atoms with Gasteiger partial charge < -0.3 is 15.4 Å². The fraction of sp³-hybridized carbons (Fsp3) is 0.562. The molecule has 3 rings (SSSR count). The predicted molar refractivity (Wildman–Crippen MR) is 104 cm³/mol. The third-order valence-corrected chi connectivity index (χ3v) is 4.57. The van der Waals surface area contributed by atoms with Crippen molar-refractivity contribution in [3.05, 3.63) is 34.1 Å². The Morgan fingerprint density at radius 2 is 2.22 bits per heavy atom. The molecular formula is C16H22BrFIN3O. The van der Waals surface area contributed by atoms with Crippen LogP contribution in [0.15, 0.2) is 27.7 Å². The lowest BCUT2D eigenvalue weighted by Gasteiger charge is -2.22. The zero-order chi connectivity index (χ0) is 15.5. The number of guanidine groups is 1. The topological polar surface area (TPSA) is 45.7 Å². The largest absolute Gasteiger partial charge is 0.373 e. The average Bonchev–Trinajstić information content (AvgIpc) is 3.06. The second-order valence-electron chi connectivity index (χ2n) is 5.83. The van der Waals surface area contributed by atoms with E-state index in [1.54, 1.807) is 0 Å². The van der Waals surface area contributed by atoms with E-state index >= 15 is 0 Å². The van der Waals surface area contributed by atoms with Crippen LogP contribution in [0.4, 0.5) is 4.39 Å². The van der Waals surface area contributed by atoms with E-state index in [9.17, 15) is 4.39 Å². The van der Waals surface area contributed by atoms with E-state index in [0.29, 0.717) is 24.8 Å². The summed E-state index contributed by atoms with van der Waals surface area (Å²) < 4.78 is 20.0. The predicted octanol–water partition coefficient (Wildman–Crippen LogP) is 3.58. The summed E-state index contributed by atoms with van der Waals surface area (Å²) in [6.45, 7) is 3.26. The van der Waals surface area contributed by atoms with Crippen LogP contribution < -0.4 is 10.6 Å². The van der Waals surface area contributed by atoms with E-state index < -0.39 is 0 Å². The number of rotatable bonds is 4. The van der Waals surface area contributed by atoms with Crippen LogP contribution in [0, 0.1) is 5.82 Å². The van der Waals surface area contributed by atoms with Crippen molar-refractivity contribution >= 4 is 45.9 Å². The first-order chi connectivity index (χ1) is 10.6. The summed E-state index contributed by atoms with van der Waals surface area (Å²) in [5, 5.41) is 6.70. The average molecular weight is 498 g/mol. The molecular weight excluding hydrogens is 476 g/mol. The van der Waals surface area contributed by atoms with Gasteiger partial charge in [0.1, 0.15) is 5.82 Å². The maximum absolute atomic E-state index is 13.4. The number of fused-ring (bicyclic) bond motifs is 2. The van der Waals surface area contributed by atoms with E-state index in [4.69, 9.17) is 4.74 Å². The second kappa shape index (κ2) is 8.62. The number of nitrogens with one attached hydrogen (secondary N) is 2. The Kier molecular flexibility index (Phi) is 7.09. The summed E-state index contributed by atoms with van der Waals surface area (Å²) >= 11 is 3.31. The first kappa shape index (κ1) is 18.9. The van der Waals surface area contributed by atoms with Crippen LogP contribution in [-0.2, 0) is 11.3 Å². The van der Waals surface area contributed by atoms with E-state index in [0.717, 1.165) is 35.4 Å². The van der Waals surface area contributed by atoms with Crippen LogP contribution in [0.3, 0.4) is 0 Å². The molecule has 2 N–H and O–H groups in total. The third kappa shape index (κ3) is 5.03. The molecule has 1 aromatic rings. The van der Waals surface area contributed by atoms with Gasteiger partial charge in [-0.05, 0) is 49.9 Å². The molecule has 0 radical (unpaired) electrons. The minimum Gasteiger partial charge on any atom is -0.373 e. The number of ether oxygens (including phenoxy) is 1. The number of halogens is 3. The smallest absolute Gasteiger partial charge is 0.191 e. The molecule has 3 atom stereocenters. The van der Waals surface area contributed by atoms with Crippen molar-refractivity contribution < 1.29 is 9.13 Å². The molecule has 0 aromatic heterocycles. The molecule has 128 valence electrons. The van der Waals surface area contributed by atoms with Crippen LogP contribution in [0.25, 0.3) is 0 Å². The van der Waals surface area contributed by atoms with E-state index in [-0.39, 0.29) is 29.8 Å². The summed E-state index contributed by atoms with van der Waals surface area (Å²) in [5.74, 6) is 0.517. The Balaban J connectivity index is 0.00000192. The van der Waals surface area contributed by atoms with Crippen molar-refractivity contribution in [3.8, 4) is 0 Å². The lowest BCUT2D eigenvalue weighted by atomic mass is 9.96. The highest BCUT2D eigenvalue weighted by Gasteiger charge is 2.41. The SMILES string of the molecule is CCNC(=NCc1cc(F)cc(Br)c1)NC1CC2CCC1O2.I. The highest BCUT2D eigenvalue weighted by atomic mass is 127. The molecule has 2 fully saturated rings. The van der Waals surface area contributed by atoms with Crippen molar-refractivity contribution in [2.75, 3.05) is 6.54 Å². The molecule has 0 spiro atoms. The van der Waals surface area contributed by atoms with Crippen molar-refractivity contribution in [3.63, 3.8) is 0 Å². The molecule has 3 unspecified atom stereocenters. The van der Waals surface area contributed by atoms with Gasteiger partial charge in [0.25, 0.3) is 0 Å². The fourth-order valence-corrected chi connectivity index (χ4v) is 3.67. The van der Waals surface area contributed by atoms with Gasteiger partial charge in [-0.25, -0.2) is 9.38 Å². The van der Waals surface area contributed by atoms with Gasteiger partial charge in [0, 0.05) is 11.0 Å². The zero-order valence-corrected chi connectivity index (χ0v) is 16.9. The van der Waals surface area contributed by atoms with E-state index in [1.807, 2.05) is 13.0 Å². The van der Waals surface area contributed by atoms with Gasteiger partial charge in [0.2, 0.25) is 0 Å². The molecule has 2 saturated heterocycles. The van der Waals surface area contributed by atoms with Crippen LogP contribution >= 0.6 is 39.9 Å². The summed E-state index contributed by atoms with van der Waals surface area (Å²) in [6.07, 6.45) is 4.05. The summed E-state index contributed by atoms with van der Waals surface area (Å²) in [6, 6.07) is 5.18. The minimum atomic E-state index is -0.251. The lowest BCUT2D eigenvalue weighted by Crippen LogP contribution is -2.47. The van der Waals surface area contributed by atoms with E-state index in [1.165, 1.54) is 18.6 Å². The molecule has 0 saturated carbocycles. The van der Waals surface area contributed by atoms with Crippen LogP contribution in [0.5, 0.6) is 0 Å². The molecule has 7 heteroatoms. The van der Waals surface area contributed by atoms with E-state index in [2.05, 4.69) is 31.6 Å². The monoisotopic (exact) mass is 497 g/mol. The van der Waals surface area contributed by atoms with Gasteiger partial charge >= 0.3 is 0 Å². The summed E-state index contributed by atoms with van der Waals surface area (Å²) in [4.78, 5) is 4.56. The van der Waals surface area contributed by atoms with Crippen LogP contribution in [0.1, 0.15) is 31.7 Å². The van der Waals surface area contributed by atoms with Crippen molar-refractivity contribution in [1.29, 1.82) is 0 Å². The molecule has 2 aliphatic heterocycles. The van der Waals surface area contributed by atoms with Crippen molar-refractivity contribution in [2.45, 2.75) is 51.0 Å². The maximum atomic E-state index is 13.4. The van der Waals surface area contributed by atoms with Gasteiger partial charge in [-0.1, -0.05) is 15.9 Å². The van der Waals surface area contributed by atoms with Gasteiger partial charge in [-0.2, -0.15) is 0 Å². The Morgan fingerprint density at radius 1 is 1.39 bits per heavy atom. The normalized spacial score (nSPS) is 26.0. The number of hydrogen-bond acceptors (Lipinski definition) is 2. The molecule has 0 amide bonds. The maximum Gasteiger partial charge on any atom is 0.191 e. The highest BCUT2D eigenvalue weighted by Crippen LogP contribution is 2.34. The highest BCUT2D eigenvalue weighted by molar-refractivity contribution is 14.0. The number of benzene rings is 1. The Morgan fingerprint density at radius 3 is 2.83 bits per heavy atom. The summed E-state index contributed by atoms with van der Waals surface area (Å²) in [7, 11) is 0. The molecule has 1 aromatic carbocycles. The lowest BCUT2D eigenvalue weighted by molar-refractivity contribution is 0.0992. The van der Waals surface area contributed by atoms with Crippen LogP contribution in [-0.4, -0.2) is 30.8 Å². The quantitative estimate of drug-likeness (QED) is 0.379. The number of aliphatic imine (C=N–C) groups is 1. The second-order valence-corrected chi connectivity index (χ2v) is 6.75. The van der Waals surface area contributed by atoms with Crippen molar-refractivity contribution in [2.24, 2.45) is 4.99 Å². The van der Waals surface area contributed by atoms with Gasteiger partial charge in [0.15, 0.2) is 5.96 Å². The Hall–Kier alpha value is -0.410. The molecule has 2 aliphatic rings.